The third kappa shape index (κ3) is 3.64. The van der Waals surface area contributed by atoms with Crippen LogP contribution in [0.1, 0.15) is 29.8 Å². The largest absolute Gasteiger partial charge is 0.493 e. The summed E-state index contributed by atoms with van der Waals surface area (Å²) in [6.07, 6.45) is -0.179. The minimum absolute atomic E-state index is 0.00146. The van der Waals surface area contributed by atoms with Crippen LogP contribution in [-0.2, 0) is 16.0 Å². The van der Waals surface area contributed by atoms with Gasteiger partial charge in [-0.3, -0.25) is 4.79 Å². The zero-order valence-electron chi connectivity index (χ0n) is 16.2. The zero-order chi connectivity index (χ0) is 20.4. The summed E-state index contributed by atoms with van der Waals surface area (Å²) in [5, 5.41) is 0.217. The number of methoxy groups -OCH3 is 2. The van der Waals surface area contributed by atoms with Crippen LogP contribution in [0.3, 0.4) is 0 Å². The van der Waals surface area contributed by atoms with Gasteiger partial charge in [0.05, 0.1) is 24.8 Å². The van der Waals surface area contributed by atoms with Crippen LogP contribution in [0.15, 0.2) is 36.4 Å². The van der Waals surface area contributed by atoms with Crippen LogP contribution in [0.25, 0.3) is 0 Å². The highest BCUT2D eigenvalue weighted by Gasteiger charge is 2.34. The van der Waals surface area contributed by atoms with E-state index in [0.717, 1.165) is 17.7 Å². The van der Waals surface area contributed by atoms with E-state index in [4.69, 9.17) is 25.8 Å². The number of carbonyl (C=O) groups excluding carboxylic acids is 2. The molecule has 0 N–H and O–H groups in total. The van der Waals surface area contributed by atoms with Crippen molar-refractivity contribution in [3.05, 3.63) is 52.5 Å². The molecular weight excluding hydrogens is 382 g/mol. The van der Waals surface area contributed by atoms with E-state index in [0.29, 0.717) is 11.5 Å². The number of anilines is 1. The van der Waals surface area contributed by atoms with E-state index >= 15 is 0 Å². The number of nitrogens with zero attached hydrogens (tertiary/aromatic N) is 1. The number of esters is 1. The van der Waals surface area contributed by atoms with Gasteiger partial charge in [-0.05, 0) is 44.0 Å². The number of amides is 1. The molecule has 2 aromatic rings. The number of para-hydroxylation sites is 1. The molecule has 0 saturated carbocycles. The molecule has 2 atom stereocenters. The molecule has 0 fully saturated rings. The maximum absolute atomic E-state index is 13.0. The number of rotatable bonds is 5. The molecule has 28 heavy (non-hydrogen) atoms. The molecule has 1 aliphatic heterocycles. The number of hydrogen-bond acceptors (Lipinski definition) is 5. The lowest BCUT2D eigenvalue weighted by molar-refractivity contribution is -0.126. The smallest absolute Gasteiger partial charge is 0.339 e. The summed E-state index contributed by atoms with van der Waals surface area (Å²) in [5.41, 5.74) is 2.14. The Bertz CT molecular complexity index is 914. The lowest BCUT2D eigenvalue weighted by atomic mass is 10.1. The highest BCUT2D eigenvalue weighted by atomic mass is 35.5. The first-order chi connectivity index (χ1) is 13.4. The molecule has 0 bridgehead atoms. The summed E-state index contributed by atoms with van der Waals surface area (Å²) in [6, 6.07) is 10.6. The quantitative estimate of drug-likeness (QED) is 0.709. The minimum Gasteiger partial charge on any atom is -0.493 e. The van der Waals surface area contributed by atoms with Gasteiger partial charge in [-0.15, -0.1) is 0 Å². The van der Waals surface area contributed by atoms with Crippen molar-refractivity contribution in [3.8, 4) is 11.5 Å². The fraction of sp³-hybridized carbons (Fsp3) is 0.333. The maximum Gasteiger partial charge on any atom is 0.339 e. The predicted molar refractivity (Wildman–Crippen MR) is 107 cm³/mol. The summed E-state index contributed by atoms with van der Waals surface area (Å²) in [5.74, 6) is -0.295. The number of hydrogen-bond donors (Lipinski definition) is 0. The third-order valence-corrected chi connectivity index (χ3v) is 5.03. The lowest BCUT2D eigenvalue weighted by Gasteiger charge is -2.26. The van der Waals surface area contributed by atoms with Gasteiger partial charge in [0.15, 0.2) is 17.6 Å². The Morgan fingerprint density at radius 2 is 1.89 bits per heavy atom. The average Bonchev–Trinajstić information content (AvgIpc) is 3.02. The van der Waals surface area contributed by atoms with E-state index in [9.17, 15) is 9.59 Å². The number of carbonyl (C=O) groups is 2. The van der Waals surface area contributed by atoms with Crippen molar-refractivity contribution in [1.82, 2.24) is 0 Å². The third-order valence-electron chi connectivity index (χ3n) is 4.75. The Kier molecular flexibility index (Phi) is 5.79. The van der Waals surface area contributed by atoms with Gasteiger partial charge in [0, 0.05) is 11.7 Å². The summed E-state index contributed by atoms with van der Waals surface area (Å²) in [6.45, 7) is 3.54. The van der Waals surface area contributed by atoms with Crippen molar-refractivity contribution in [2.75, 3.05) is 19.1 Å². The molecule has 3 rings (SSSR count). The van der Waals surface area contributed by atoms with Gasteiger partial charge >= 0.3 is 5.97 Å². The Labute approximate surface area is 168 Å². The first kappa shape index (κ1) is 20.0. The number of halogens is 1. The maximum atomic E-state index is 13.0. The molecule has 1 aliphatic rings. The normalized spacial score (nSPS) is 16.3. The second kappa shape index (κ2) is 8.10. The summed E-state index contributed by atoms with van der Waals surface area (Å²) >= 11 is 6.15. The van der Waals surface area contributed by atoms with E-state index < -0.39 is 12.1 Å². The van der Waals surface area contributed by atoms with Gasteiger partial charge in [0.2, 0.25) is 0 Å². The summed E-state index contributed by atoms with van der Waals surface area (Å²) in [4.78, 5) is 27.2. The minimum atomic E-state index is -0.951. The molecular formula is C21H22ClNO5. The van der Waals surface area contributed by atoms with Gasteiger partial charge in [-0.2, -0.15) is 0 Å². The van der Waals surface area contributed by atoms with Crippen LogP contribution in [0.5, 0.6) is 11.5 Å². The summed E-state index contributed by atoms with van der Waals surface area (Å²) < 4.78 is 15.8. The van der Waals surface area contributed by atoms with Crippen LogP contribution in [-0.4, -0.2) is 38.2 Å². The Morgan fingerprint density at radius 3 is 2.57 bits per heavy atom. The Morgan fingerprint density at radius 1 is 1.18 bits per heavy atom. The number of benzene rings is 2. The SMILES string of the molecule is COc1cc(C(=O)O[C@H](C)C(=O)N2c3ccccc3C[C@H]2C)cc(Cl)c1OC. The van der Waals surface area contributed by atoms with Gasteiger partial charge in [0.1, 0.15) is 0 Å². The zero-order valence-corrected chi connectivity index (χ0v) is 16.9. The fourth-order valence-electron chi connectivity index (χ4n) is 3.41. The van der Waals surface area contributed by atoms with E-state index in [1.807, 2.05) is 31.2 Å². The van der Waals surface area contributed by atoms with Crippen molar-refractivity contribution in [3.63, 3.8) is 0 Å². The molecule has 1 amide bonds. The van der Waals surface area contributed by atoms with E-state index in [1.165, 1.54) is 26.4 Å². The van der Waals surface area contributed by atoms with E-state index in [2.05, 4.69) is 0 Å². The van der Waals surface area contributed by atoms with Gasteiger partial charge < -0.3 is 19.1 Å². The average molecular weight is 404 g/mol. The molecule has 7 heteroatoms. The second-order valence-electron chi connectivity index (χ2n) is 6.63. The van der Waals surface area contributed by atoms with Crippen LogP contribution in [0, 0.1) is 0 Å². The van der Waals surface area contributed by atoms with Crippen LogP contribution in [0.4, 0.5) is 5.69 Å². The van der Waals surface area contributed by atoms with Crippen LogP contribution >= 0.6 is 11.6 Å². The topological polar surface area (TPSA) is 65.1 Å². The molecule has 2 aromatic carbocycles. The van der Waals surface area contributed by atoms with Crippen LogP contribution < -0.4 is 14.4 Å². The monoisotopic (exact) mass is 403 g/mol. The molecule has 0 radical (unpaired) electrons. The highest BCUT2D eigenvalue weighted by molar-refractivity contribution is 6.32. The van der Waals surface area contributed by atoms with Crippen molar-refractivity contribution < 1.29 is 23.8 Å². The summed E-state index contributed by atoms with van der Waals surface area (Å²) in [7, 11) is 2.90. The van der Waals surface area contributed by atoms with Crippen LogP contribution in [0.2, 0.25) is 5.02 Å². The van der Waals surface area contributed by atoms with Gasteiger partial charge in [-0.25, -0.2) is 4.79 Å². The number of ether oxygens (including phenoxy) is 3. The van der Waals surface area contributed by atoms with Crippen molar-refractivity contribution >= 4 is 29.2 Å². The number of fused-ring (bicyclic) bond motifs is 1. The van der Waals surface area contributed by atoms with Gasteiger partial charge in [0.25, 0.3) is 5.91 Å². The second-order valence-corrected chi connectivity index (χ2v) is 7.04. The van der Waals surface area contributed by atoms with E-state index in [-0.39, 0.29) is 22.5 Å². The van der Waals surface area contributed by atoms with Crippen molar-refractivity contribution in [2.24, 2.45) is 0 Å². The Balaban J connectivity index is 1.78. The molecule has 0 saturated heterocycles. The molecule has 0 spiro atoms. The molecule has 0 aromatic heterocycles. The first-order valence-electron chi connectivity index (χ1n) is 8.90. The Hall–Kier alpha value is -2.73. The fourth-order valence-corrected chi connectivity index (χ4v) is 3.70. The molecule has 0 aliphatic carbocycles. The first-order valence-corrected chi connectivity index (χ1v) is 9.28. The standard InChI is InChI=1S/C21H22ClNO5/c1-12-9-14-7-5-6-8-17(14)23(12)20(24)13(2)28-21(25)15-10-16(22)19(27-4)18(11-15)26-3/h5-8,10-13H,9H2,1-4H3/t12-,13-/m1/s1. The lowest BCUT2D eigenvalue weighted by Crippen LogP contribution is -2.43. The van der Waals surface area contributed by atoms with Crippen molar-refractivity contribution in [1.29, 1.82) is 0 Å². The van der Waals surface area contributed by atoms with E-state index in [1.54, 1.807) is 11.8 Å². The van der Waals surface area contributed by atoms with Gasteiger partial charge in [-0.1, -0.05) is 29.8 Å². The molecule has 1 heterocycles. The molecule has 148 valence electrons. The molecule has 6 nitrogen and oxygen atoms in total. The molecule has 0 unspecified atom stereocenters. The highest BCUT2D eigenvalue weighted by Crippen LogP contribution is 2.36. The van der Waals surface area contributed by atoms with Crippen molar-refractivity contribution in [2.45, 2.75) is 32.4 Å². The predicted octanol–water partition coefficient (Wildman–Crippen LogP) is 3.88.